The molecule has 0 aromatic heterocycles. The summed E-state index contributed by atoms with van der Waals surface area (Å²) in [6.45, 7) is 0. The van der Waals surface area contributed by atoms with Crippen LogP contribution in [0.3, 0.4) is 0 Å². The fourth-order valence-corrected chi connectivity index (χ4v) is 4.77. The fraction of sp³-hybridized carbons (Fsp3) is 1.00. The van der Waals surface area contributed by atoms with Crippen LogP contribution in [0.4, 0.5) is 0 Å². The zero-order chi connectivity index (χ0) is 8.29. The zero-order valence-electron chi connectivity index (χ0n) is 7.12. The Kier molecular flexibility index (Phi) is 1.61. The van der Waals surface area contributed by atoms with Gasteiger partial charge in [0.05, 0.1) is 6.10 Å². The van der Waals surface area contributed by atoms with Crippen molar-refractivity contribution in [2.24, 2.45) is 23.7 Å². The van der Waals surface area contributed by atoms with E-state index in [4.69, 9.17) is 0 Å². The van der Waals surface area contributed by atoms with Gasteiger partial charge >= 0.3 is 0 Å². The highest BCUT2D eigenvalue weighted by Crippen LogP contribution is 2.55. The number of aliphatic hydroxyl groups is 1. The predicted octanol–water partition coefficient (Wildman–Crippen LogP) is 2.18. The fourth-order valence-electron chi connectivity index (χ4n) is 3.81. The van der Waals surface area contributed by atoms with E-state index in [1.54, 1.807) is 0 Å². The van der Waals surface area contributed by atoms with Gasteiger partial charge in [-0.2, -0.15) is 0 Å². The molecule has 0 radical (unpaired) electrons. The minimum atomic E-state index is 0.0159. The molecule has 68 valence electrons. The number of rotatable bonds is 0. The maximum atomic E-state index is 9.97. The van der Waals surface area contributed by atoms with E-state index in [2.05, 4.69) is 15.9 Å². The molecule has 6 atom stereocenters. The molecule has 0 saturated heterocycles. The minimum Gasteiger partial charge on any atom is -0.393 e. The van der Waals surface area contributed by atoms with Gasteiger partial charge in [-0.15, -0.1) is 0 Å². The van der Waals surface area contributed by atoms with E-state index in [0.717, 1.165) is 11.8 Å². The van der Waals surface area contributed by atoms with Gasteiger partial charge in [0.1, 0.15) is 0 Å². The quantitative estimate of drug-likeness (QED) is 0.633. The minimum absolute atomic E-state index is 0.0159. The molecule has 1 nitrogen and oxygen atoms in total. The topological polar surface area (TPSA) is 20.2 Å². The van der Waals surface area contributed by atoms with Crippen LogP contribution < -0.4 is 0 Å². The number of aliphatic hydroxyl groups excluding tert-OH is 1. The molecule has 1 N–H and O–H groups in total. The van der Waals surface area contributed by atoms with Crippen molar-refractivity contribution >= 4 is 15.9 Å². The van der Waals surface area contributed by atoms with E-state index in [0.29, 0.717) is 16.7 Å². The highest BCUT2D eigenvalue weighted by molar-refractivity contribution is 9.09. The molecule has 4 aliphatic carbocycles. The van der Waals surface area contributed by atoms with Gasteiger partial charge in [-0.1, -0.05) is 15.9 Å². The molecule has 0 aliphatic heterocycles. The average molecular weight is 231 g/mol. The van der Waals surface area contributed by atoms with Crippen LogP contribution in [0.25, 0.3) is 0 Å². The van der Waals surface area contributed by atoms with E-state index in [-0.39, 0.29) is 6.10 Å². The summed E-state index contributed by atoms with van der Waals surface area (Å²) < 4.78 is 0. The third kappa shape index (κ3) is 0.884. The molecule has 0 aromatic carbocycles. The maximum absolute atomic E-state index is 9.97. The zero-order valence-corrected chi connectivity index (χ0v) is 8.70. The Bertz CT molecular complexity index is 188. The second kappa shape index (κ2) is 2.48. The van der Waals surface area contributed by atoms with Gasteiger partial charge in [0.25, 0.3) is 0 Å². The molecule has 4 bridgehead atoms. The summed E-state index contributed by atoms with van der Waals surface area (Å²) >= 11 is 3.76. The third-order valence-corrected chi connectivity index (χ3v) is 5.69. The highest BCUT2D eigenvalue weighted by atomic mass is 79.9. The van der Waals surface area contributed by atoms with Crippen LogP contribution in [0.15, 0.2) is 0 Å². The molecule has 0 amide bonds. The number of halogens is 1. The van der Waals surface area contributed by atoms with Crippen molar-refractivity contribution in [2.75, 3.05) is 0 Å². The van der Waals surface area contributed by atoms with Crippen molar-refractivity contribution in [3.05, 3.63) is 0 Å². The van der Waals surface area contributed by atoms with Gasteiger partial charge in [-0.25, -0.2) is 0 Å². The lowest BCUT2D eigenvalue weighted by molar-refractivity contribution is -0.0857. The van der Waals surface area contributed by atoms with Crippen LogP contribution in [-0.4, -0.2) is 16.0 Å². The Labute approximate surface area is 81.7 Å². The van der Waals surface area contributed by atoms with Crippen LogP contribution in [0.5, 0.6) is 0 Å². The highest BCUT2D eigenvalue weighted by Gasteiger charge is 2.52. The maximum Gasteiger partial charge on any atom is 0.0607 e. The molecule has 0 aromatic rings. The normalized spacial score (nSPS) is 62.5. The van der Waals surface area contributed by atoms with Crippen molar-refractivity contribution in [1.82, 2.24) is 0 Å². The van der Waals surface area contributed by atoms with E-state index in [1.807, 2.05) is 0 Å². The SMILES string of the molecule is OC1C2CC3CC(C2)C(Br)C1C3. The van der Waals surface area contributed by atoms with Crippen molar-refractivity contribution in [1.29, 1.82) is 0 Å². The summed E-state index contributed by atoms with van der Waals surface area (Å²) in [5.74, 6) is 3.08. The molecule has 2 heteroatoms. The van der Waals surface area contributed by atoms with Gasteiger partial charge in [0.15, 0.2) is 0 Å². The molecule has 12 heavy (non-hydrogen) atoms. The van der Waals surface area contributed by atoms with Crippen molar-refractivity contribution in [3.8, 4) is 0 Å². The van der Waals surface area contributed by atoms with Crippen molar-refractivity contribution in [3.63, 3.8) is 0 Å². The van der Waals surface area contributed by atoms with Crippen molar-refractivity contribution < 1.29 is 5.11 Å². The second-order valence-electron chi connectivity index (χ2n) is 4.93. The molecule has 0 spiro atoms. The lowest BCUT2D eigenvalue weighted by Crippen LogP contribution is -2.54. The Morgan fingerprint density at radius 2 is 1.75 bits per heavy atom. The number of alkyl halides is 1. The van der Waals surface area contributed by atoms with E-state index in [1.165, 1.54) is 25.7 Å². The van der Waals surface area contributed by atoms with Crippen LogP contribution in [-0.2, 0) is 0 Å². The predicted molar refractivity (Wildman–Crippen MR) is 51.1 cm³/mol. The lowest BCUT2D eigenvalue weighted by atomic mass is 9.55. The van der Waals surface area contributed by atoms with Crippen LogP contribution in [0, 0.1) is 23.7 Å². The first-order valence-corrected chi connectivity index (χ1v) is 5.99. The molecule has 4 saturated carbocycles. The Morgan fingerprint density at radius 3 is 2.58 bits per heavy atom. The average Bonchev–Trinajstić information content (AvgIpc) is 2.07. The Morgan fingerprint density at radius 1 is 1.00 bits per heavy atom. The van der Waals surface area contributed by atoms with Gasteiger partial charge in [0.2, 0.25) is 0 Å². The molecule has 6 unspecified atom stereocenters. The van der Waals surface area contributed by atoms with Gasteiger partial charge in [-0.3, -0.25) is 0 Å². The number of hydrogen-bond donors (Lipinski definition) is 1. The smallest absolute Gasteiger partial charge is 0.0607 e. The van der Waals surface area contributed by atoms with Crippen LogP contribution >= 0.6 is 15.9 Å². The summed E-state index contributed by atoms with van der Waals surface area (Å²) in [6, 6.07) is 0. The Balaban J connectivity index is 1.93. The van der Waals surface area contributed by atoms with Crippen molar-refractivity contribution in [2.45, 2.75) is 36.6 Å². The first kappa shape index (κ1) is 7.81. The summed E-state index contributed by atoms with van der Waals surface area (Å²) in [4.78, 5) is 0.625. The number of hydrogen-bond acceptors (Lipinski definition) is 1. The molecular formula is C10H15BrO. The lowest BCUT2D eigenvalue weighted by Gasteiger charge is -2.55. The summed E-state index contributed by atoms with van der Waals surface area (Å²) in [7, 11) is 0. The van der Waals surface area contributed by atoms with Gasteiger partial charge in [-0.05, 0) is 49.4 Å². The molecule has 0 heterocycles. The molecule has 4 rings (SSSR count). The summed E-state index contributed by atoms with van der Waals surface area (Å²) in [5, 5.41) is 9.97. The summed E-state index contributed by atoms with van der Waals surface area (Å²) in [5.41, 5.74) is 0. The molecular weight excluding hydrogens is 216 g/mol. The van der Waals surface area contributed by atoms with Gasteiger partial charge < -0.3 is 5.11 Å². The van der Waals surface area contributed by atoms with Crippen LogP contribution in [0.1, 0.15) is 25.7 Å². The van der Waals surface area contributed by atoms with Crippen LogP contribution in [0.2, 0.25) is 0 Å². The molecule has 4 fully saturated rings. The monoisotopic (exact) mass is 230 g/mol. The van der Waals surface area contributed by atoms with E-state index in [9.17, 15) is 5.11 Å². The second-order valence-corrected chi connectivity index (χ2v) is 5.99. The Hall–Kier alpha value is 0.440. The van der Waals surface area contributed by atoms with E-state index < -0.39 is 0 Å². The third-order valence-electron chi connectivity index (χ3n) is 4.26. The molecule has 4 aliphatic rings. The summed E-state index contributed by atoms with van der Waals surface area (Å²) in [6.07, 6.45) is 5.32. The van der Waals surface area contributed by atoms with E-state index >= 15 is 0 Å². The first-order chi connectivity index (χ1) is 5.75. The van der Waals surface area contributed by atoms with Gasteiger partial charge in [0, 0.05) is 4.83 Å². The largest absolute Gasteiger partial charge is 0.393 e. The first-order valence-electron chi connectivity index (χ1n) is 5.08. The standard InChI is InChI=1S/C10H15BrO/c11-9-6-1-5-2-7(4-6)10(12)8(9)3-5/h5-10,12H,1-4H2.